The van der Waals surface area contributed by atoms with Crippen molar-refractivity contribution >= 4 is 5.91 Å². The maximum absolute atomic E-state index is 11.7. The molecule has 0 saturated heterocycles. The van der Waals surface area contributed by atoms with Gasteiger partial charge < -0.3 is 5.32 Å². The van der Waals surface area contributed by atoms with Crippen LogP contribution in [0.1, 0.15) is 36.5 Å². The van der Waals surface area contributed by atoms with Crippen LogP contribution in [0.25, 0.3) is 0 Å². The van der Waals surface area contributed by atoms with E-state index in [0.717, 1.165) is 18.5 Å². The molecule has 2 nitrogen and oxygen atoms in total. The Hall–Kier alpha value is -1.57. The predicted octanol–water partition coefficient (Wildman–Crippen LogP) is 2.80. The topological polar surface area (TPSA) is 29.1 Å². The number of allylic oxidation sites excluding steroid dienone is 1. The zero-order chi connectivity index (χ0) is 12.8. The molecule has 1 aromatic carbocycles. The lowest BCUT2D eigenvalue weighted by molar-refractivity contribution is -0.120. The Morgan fingerprint density at radius 3 is 3.00 bits per heavy atom. The summed E-state index contributed by atoms with van der Waals surface area (Å²) in [6.07, 6.45) is 9.11. The van der Waals surface area contributed by atoms with Crippen molar-refractivity contribution in [3.8, 4) is 0 Å². The van der Waals surface area contributed by atoms with Gasteiger partial charge in [0.25, 0.3) is 0 Å². The summed E-state index contributed by atoms with van der Waals surface area (Å²) in [6.45, 7) is 2.72. The number of fused-ring (bicyclic) bond motifs is 1. The molecule has 0 radical (unpaired) electrons. The average Bonchev–Trinajstić information content (AvgIpc) is 2.82. The molecular weight excluding hydrogens is 222 g/mol. The summed E-state index contributed by atoms with van der Waals surface area (Å²) in [6, 6.07) is 6.48. The second-order valence-electron chi connectivity index (χ2n) is 4.84. The Labute approximate surface area is 109 Å². The minimum absolute atomic E-state index is 0.123. The molecule has 1 aliphatic rings. The highest BCUT2D eigenvalue weighted by Crippen LogP contribution is 2.22. The van der Waals surface area contributed by atoms with E-state index in [2.05, 4.69) is 29.6 Å². The molecular formula is C16H21NO. The number of hydrogen-bond donors (Lipinski definition) is 1. The molecule has 0 atom stereocenters. The number of carbonyl (C=O) groups excluding carboxylic acids is 1. The van der Waals surface area contributed by atoms with Crippen molar-refractivity contribution in [2.24, 2.45) is 0 Å². The van der Waals surface area contributed by atoms with Crippen LogP contribution < -0.4 is 5.32 Å². The van der Waals surface area contributed by atoms with Crippen molar-refractivity contribution in [3.05, 3.63) is 47.0 Å². The molecule has 1 aromatic rings. The molecule has 96 valence electrons. The summed E-state index contributed by atoms with van der Waals surface area (Å²) in [5, 5.41) is 2.94. The van der Waals surface area contributed by atoms with Gasteiger partial charge in [0, 0.05) is 6.54 Å². The van der Waals surface area contributed by atoms with Gasteiger partial charge in [-0.2, -0.15) is 0 Å². The monoisotopic (exact) mass is 243 g/mol. The molecule has 0 heterocycles. The number of aryl methyl sites for hydroxylation is 2. The number of nitrogens with one attached hydrogen (secondary N) is 1. The zero-order valence-corrected chi connectivity index (χ0v) is 11.0. The second-order valence-corrected chi connectivity index (χ2v) is 4.84. The van der Waals surface area contributed by atoms with E-state index in [-0.39, 0.29) is 5.91 Å². The minimum atomic E-state index is 0.123. The molecule has 0 spiro atoms. The van der Waals surface area contributed by atoms with Crippen LogP contribution in [0.5, 0.6) is 0 Å². The normalized spacial score (nSPS) is 13.8. The fourth-order valence-electron chi connectivity index (χ4n) is 2.44. The molecule has 0 fully saturated rings. The van der Waals surface area contributed by atoms with Gasteiger partial charge in [0.1, 0.15) is 0 Å². The molecule has 0 saturated carbocycles. The molecule has 1 amide bonds. The first-order valence-electron chi connectivity index (χ1n) is 6.78. The largest absolute Gasteiger partial charge is 0.356 e. The van der Waals surface area contributed by atoms with Crippen molar-refractivity contribution < 1.29 is 4.79 Å². The Balaban J connectivity index is 1.83. The fourth-order valence-corrected chi connectivity index (χ4v) is 2.44. The first-order valence-corrected chi connectivity index (χ1v) is 6.78. The smallest absolute Gasteiger partial charge is 0.224 e. The van der Waals surface area contributed by atoms with E-state index in [1.165, 1.54) is 30.4 Å². The molecule has 0 unspecified atom stereocenters. The van der Waals surface area contributed by atoms with Gasteiger partial charge in [-0.05, 0) is 49.3 Å². The van der Waals surface area contributed by atoms with Crippen molar-refractivity contribution in [3.63, 3.8) is 0 Å². The van der Waals surface area contributed by atoms with Gasteiger partial charge in [-0.15, -0.1) is 0 Å². The van der Waals surface area contributed by atoms with Crippen molar-refractivity contribution in [1.29, 1.82) is 0 Å². The van der Waals surface area contributed by atoms with Gasteiger partial charge >= 0.3 is 0 Å². The van der Waals surface area contributed by atoms with Gasteiger partial charge in [0.05, 0.1) is 6.42 Å². The van der Waals surface area contributed by atoms with E-state index < -0.39 is 0 Å². The summed E-state index contributed by atoms with van der Waals surface area (Å²) >= 11 is 0. The van der Waals surface area contributed by atoms with Crippen LogP contribution >= 0.6 is 0 Å². The molecule has 1 N–H and O–H groups in total. The highest BCUT2D eigenvalue weighted by atomic mass is 16.1. The van der Waals surface area contributed by atoms with Crippen LogP contribution in [0.15, 0.2) is 30.4 Å². The van der Waals surface area contributed by atoms with E-state index >= 15 is 0 Å². The third-order valence-corrected chi connectivity index (χ3v) is 3.40. The van der Waals surface area contributed by atoms with E-state index in [1.54, 1.807) is 0 Å². The highest BCUT2D eigenvalue weighted by molar-refractivity contribution is 5.78. The molecule has 0 bridgehead atoms. The van der Waals surface area contributed by atoms with Crippen LogP contribution in [-0.2, 0) is 24.1 Å². The van der Waals surface area contributed by atoms with Gasteiger partial charge in [0.2, 0.25) is 5.91 Å². The predicted molar refractivity (Wildman–Crippen MR) is 74.6 cm³/mol. The summed E-state index contributed by atoms with van der Waals surface area (Å²) in [7, 11) is 0. The standard InChI is InChI=1S/C16H21NO/c1-2-3-4-10-17-16(18)12-13-8-9-14-6-5-7-15(14)11-13/h2-3,8-9,11H,4-7,10,12H2,1H3,(H,17,18)/b3-2+. The van der Waals surface area contributed by atoms with E-state index in [1.807, 2.05) is 13.0 Å². The summed E-state index contributed by atoms with van der Waals surface area (Å²) in [5.41, 5.74) is 4.04. The van der Waals surface area contributed by atoms with Crippen molar-refractivity contribution in [2.45, 2.75) is 39.0 Å². The Morgan fingerprint density at radius 1 is 1.33 bits per heavy atom. The van der Waals surface area contributed by atoms with Crippen LogP contribution in [0.4, 0.5) is 0 Å². The number of carbonyl (C=O) groups is 1. The van der Waals surface area contributed by atoms with E-state index in [0.29, 0.717) is 6.42 Å². The second kappa shape index (κ2) is 6.39. The Bertz CT molecular complexity index is 448. The number of hydrogen-bond acceptors (Lipinski definition) is 1. The van der Waals surface area contributed by atoms with Gasteiger partial charge in [-0.1, -0.05) is 30.4 Å². The fraction of sp³-hybridized carbons (Fsp3) is 0.438. The highest BCUT2D eigenvalue weighted by Gasteiger charge is 2.11. The third-order valence-electron chi connectivity index (χ3n) is 3.40. The first kappa shape index (κ1) is 12.9. The lowest BCUT2D eigenvalue weighted by Gasteiger charge is -2.06. The minimum Gasteiger partial charge on any atom is -0.356 e. The van der Waals surface area contributed by atoms with Crippen LogP contribution in [-0.4, -0.2) is 12.5 Å². The molecule has 0 aromatic heterocycles. The number of benzene rings is 1. The van der Waals surface area contributed by atoms with Gasteiger partial charge in [0.15, 0.2) is 0 Å². The molecule has 18 heavy (non-hydrogen) atoms. The summed E-state index contributed by atoms with van der Waals surface area (Å²) in [4.78, 5) is 11.7. The van der Waals surface area contributed by atoms with Gasteiger partial charge in [-0.3, -0.25) is 4.79 Å². The summed E-state index contributed by atoms with van der Waals surface area (Å²) in [5.74, 6) is 0.123. The van der Waals surface area contributed by atoms with E-state index in [4.69, 9.17) is 0 Å². The number of rotatable bonds is 5. The SMILES string of the molecule is C/C=C/CCNC(=O)Cc1ccc2c(c1)CCC2. The first-order chi connectivity index (χ1) is 8.79. The molecule has 1 aliphatic carbocycles. The zero-order valence-electron chi connectivity index (χ0n) is 11.0. The molecule has 2 rings (SSSR count). The maximum atomic E-state index is 11.7. The van der Waals surface area contributed by atoms with Gasteiger partial charge in [-0.25, -0.2) is 0 Å². The third kappa shape index (κ3) is 3.46. The van der Waals surface area contributed by atoms with Crippen LogP contribution in [0.3, 0.4) is 0 Å². The number of amides is 1. The quantitative estimate of drug-likeness (QED) is 0.625. The van der Waals surface area contributed by atoms with E-state index in [9.17, 15) is 4.79 Å². The van der Waals surface area contributed by atoms with Crippen molar-refractivity contribution in [1.82, 2.24) is 5.32 Å². The average molecular weight is 243 g/mol. The Kier molecular flexibility index (Phi) is 4.57. The Morgan fingerprint density at radius 2 is 2.17 bits per heavy atom. The lowest BCUT2D eigenvalue weighted by atomic mass is 10.0. The van der Waals surface area contributed by atoms with Crippen molar-refractivity contribution in [2.75, 3.05) is 6.54 Å². The molecule has 0 aliphatic heterocycles. The lowest BCUT2D eigenvalue weighted by Crippen LogP contribution is -2.25. The maximum Gasteiger partial charge on any atom is 0.224 e. The van der Waals surface area contributed by atoms with Crippen LogP contribution in [0, 0.1) is 0 Å². The summed E-state index contributed by atoms with van der Waals surface area (Å²) < 4.78 is 0. The molecule has 2 heteroatoms. The van der Waals surface area contributed by atoms with Crippen LogP contribution in [0.2, 0.25) is 0 Å².